The number of anilines is 1. The number of hydrogen-bond acceptors (Lipinski definition) is 6. The van der Waals surface area contributed by atoms with Gasteiger partial charge in [0.1, 0.15) is 6.73 Å². The zero-order valence-corrected chi connectivity index (χ0v) is 18.8. The van der Waals surface area contributed by atoms with E-state index in [-0.39, 0.29) is 12.6 Å². The Balaban J connectivity index is 1.90. The molecule has 1 fully saturated rings. The summed E-state index contributed by atoms with van der Waals surface area (Å²) < 4.78 is 52.5. The molecule has 0 unspecified atom stereocenters. The van der Waals surface area contributed by atoms with E-state index in [0.29, 0.717) is 38.5 Å². The highest BCUT2D eigenvalue weighted by Gasteiger charge is 2.39. The average molecular weight is 444 g/mol. The summed E-state index contributed by atoms with van der Waals surface area (Å²) in [6.45, 7) is 11.2. The Bertz CT molecular complexity index is 861. The van der Waals surface area contributed by atoms with Crippen LogP contribution in [0.1, 0.15) is 11.5 Å². The van der Waals surface area contributed by atoms with Crippen LogP contribution in [0.4, 0.5) is 18.9 Å². The Labute approximate surface area is 175 Å². The number of aromatic nitrogens is 4. The van der Waals surface area contributed by atoms with Crippen LogP contribution < -0.4 is 4.90 Å². The lowest BCUT2D eigenvalue weighted by molar-refractivity contribution is -0.149. The SMILES string of the molecule is Cc1ncc(-c2nnc(C(F)(F)F)n2COCC[Si](C)(C)C)cc1N1CCOCC1. The Kier molecular flexibility index (Phi) is 6.83. The van der Waals surface area contributed by atoms with Crippen molar-refractivity contribution in [1.82, 2.24) is 19.7 Å². The highest BCUT2D eigenvalue weighted by atomic mass is 28.3. The van der Waals surface area contributed by atoms with Crippen LogP contribution in [0.3, 0.4) is 0 Å². The number of ether oxygens (including phenoxy) is 2. The second-order valence-corrected chi connectivity index (χ2v) is 14.2. The summed E-state index contributed by atoms with van der Waals surface area (Å²) in [6.07, 6.45) is -3.10. The molecule has 1 aliphatic rings. The van der Waals surface area contributed by atoms with Crippen LogP contribution >= 0.6 is 0 Å². The molecule has 0 saturated carbocycles. The Morgan fingerprint density at radius 1 is 1.17 bits per heavy atom. The van der Waals surface area contributed by atoms with Gasteiger partial charge in [-0.15, -0.1) is 10.2 Å². The van der Waals surface area contributed by atoms with E-state index in [1.54, 1.807) is 0 Å². The van der Waals surface area contributed by atoms with Crippen LogP contribution in [0.15, 0.2) is 12.3 Å². The third-order valence-corrected chi connectivity index (χ3v) is 6.60. The van der Waals surface area contributed by atoms with Crippen molar-refractivity contribution in [3.63, 3.8) is 0 Å². The standard InChI is InChI=1S/C19H28F3N5O2Si/c1-14-16(26-5-7-28-8-6-26)11-15(12-23-14)17-24-25-18(19(20,21)22)27(17)13-29-9-10-30(2,3)4/h11-12H,5-10,13H2,1-4H3. The molecule has 1 aliphatic heterocycles. The van der Waals surface area contributed by atoms with Gasteiger partial charge in [0, 0.05) is 39.5 Å². The monoisotopic (exact) mass is 443 g/mol. The smallest absolute Gasteiger partial charge is 0.378 e. The number of rotatable bonds is 7. The number of halogens is 3. The molecule has 3 heterocycles. The number of pyridine rings is 1. The summed E-state index contributed by atoms with van der Waals surface area (Å²) in [4.78, 5) is 6.51. The predicted octanol–water partition coefficient (Wildman–Crippen LogP) is 3.82. The van der Waals surface area contributed by atoms with E-state index in [2.05, 4.69) is 39.7 Å². The fourth-order valence-corrected chi connectivity index (χ4v) is 3.91. The Morgan fingerprint density at radius 2 is 1.87 bits per heavy atom. The maximum Gasteiger partial charge on any atom is 0.451 e. The highest BCUT2D eigenvalue weighted by Crippen LogP contribution is 2.32. The average Bonchev–Trinajstić information content (AvgIpc) is 3.10. The molecule has 11 heteroatoms. The van der Waals surface area contributed by atoms with Crippen molar-refractivity contribution in [2.75, 3.05) is 37.8 Å². The maximum atomic E-state index is 13.5. The summed E-state index contributed by atoms with van der Waals surface area (Å²) in [5.74, 6) is -0.976. The van der Waals surface area contributed by atoms with Crippen molar-refractivity contribution in [1.29, 1.82) is 0 Å². The molecule has 0 spiro atoms. The minimum Gasteiger partial charge on any atom is -0.378 e. The van der Waals surface area contributed by atoms with Gasteiger partial charge in [0.25, 0.3) is 0 Å². The van der Waals surface area contributed by atoms with E-state index in [4.69, 9.17) is 9.47 Å². The van der Waals surface area contributed by atoms with Crippen LogP contribution in [0, 0.1) is 6.92 Å². The minimum atomic E-state index is -4.63. The van der Waals surface area contributed by atoms with Gasteiger partial charge in [0.15, 0.2) is 5.82 Å². The van der Waals surface area contributed by atoms with Gasteiger partial charge in [-0.2, -0.15) is 13.2 Å². The fraction of sp³-hybridized carbons (Fsp3) is 0.632. The quantitative estimate of drug-likeness (QED) is 0.479. The Hall–Kier alpha value is -1.98. The second-order valence-electron chi connectivity index (χ2n) is 8.55. The van der Waals surface area contributed by atoms with E-state index in [1.165, 1.54) is 6.20 Å². The summed E-state index contributed by atoms with van der Waals surface area (Å²) in [6, 6.07) is 2.68. The second kappa shape index (κ2) is 9.02. The summed E-state index contributed by atoms with van der Waals surface area (Å²) >= 11 is 0. The lowest BCUT2D eigenvalue weighted by atomic mass is 10.2. The third-order valence-electron chi connectivity index (χ3n) is 4.89. The molecule has 3 rings (SSSR count). The van der Waals surface area contributed by atoms with Crippen molar-refractivity contribution in [3.05, 3.63) is 23.8 Å². The Morgan fingerprint density at radius 3 is 2.50 bits per heavy atom. The van der Waals surface area contributed by atoms with Crippen molar-refractivity contribution < 1.29 is 22.6 Å². The molecule has 166 valence electrons. The van der Waals surface area contributed by atoms with E-state index in [1.807, 2.05) is 13.0 Å². The normalized spacial score (nSPS) is 15.6. The van der Waals surface area contributed by atoms with Crippen LogP contribution in [-0.2, 0) is 22.4 Å². The predicted molar refractivity (Wildman–Crippen MR) is 110 cm³/mol. The number of nitrogens with zero attached hydrogens (tertiary/aromatic N) is 5. The highest BCUT2D eigenvalue weighted by molar-refractivity contribution is 6.76. The molecule has 0 aromatic carbocycles. The first-order chi connectivity index (χ1) is 14.1. The summed E-state index contributed by atoms with van der Waals surface area (Å²) in [5, 5.41) is 7.25. The molecule has 2 aromatic heterocycles. The van der Waals surface area contributed by atoms with Crippen molar-refractivity contribution in [2.24, 2.45) is 0 Å². The first-order valence-electron chi connectivity index (χ1n) is 9.94. The van der Waals surface area contributed by atoms with Crippen LogP contribution in [0.25, 0.3) is 11.4 Å². The zero-order chi connectivity index (χ0) is 21.9. The topological polar surface area (TPSA) is 65.3 Å². The van der Waals surface area contributed by atoms with E-state index < -0.39 is 20.1 Å². The van der Waals surface area contributed by atoms with Crippen molar-refractivity contribution in [3.8, 4) is 11.4 Å². The van der Waals surface area contributed by atoms with Gasteiger partial charge in [0.05, 0.1) is 24.6 Å². The largest absolute Gasteiger partial charge is 0.451 e. The molecule has 2 aromatic rings. The maximum absolute atomic E-state index is 13.5. The number of morpholine rings is 1. The van der Waals surface area contributed by atoms with Crippen molar-refractivity contribution in [2.45, 2.75) is 45.5 Å². The van der Waals surface area contributed by atoms with Gasteiger partial charge in [-0.1, -0.05) is 19.6 Å². The van der Waals surface area contributed by atoms with Gasteiger partial charge in [0.2, 0.25) is 5.82 Å². The third kappa shape index (κ3) is 5.58. The zero-order valence-electron chi connectivity index (χ0n) is 17.8. The van der Waals surface area contributed by atoms with Gasteiger partial charge < -0.3 is 14.4 Å². The lowest BCUT2D eigenvalue weighted by Crippen LogP contribution is -2.36. The summed E-state index contributed by atoms with van der Waals surface area (Å²) in [7, 11) is -1.35. The minimum absolute atomic E-state index is 0.0948. The molecular formula is C19H28F3N5O2Si. The molecular weight excluding hydrogens is 415 g/mol. The van der Waals surface area contributed by atoms with E-state index >= 15 is 0 Å². The molecule has 1 saturated heterocycles. The molecule has 0 radical (unpaired) electrons. The summed E-state index contributed by atoms with van der Waals surface area (Å²) in [5.41, 5.74) is 2.13. The van der Waals surface area contributed by atoms with Gasteiger partial charge >= 0.3 is 6.18 Å². The molecule has 0 N–H and O–H groups in total. The van der Waals surface area contributed by atoms with Crippen LogP contribution in [0.5, 0.6) is 0 Å². The first-order valence-corrected chi connectivity index (χ1v) is 13.6. The number of aryl methyl sites for hydroxylation is 1. The molecule has 30 heavy (non-hydrogen) atoms. The van der Waals surface area contributed by atoms with Gasteiger partial charge in [-0.25, -0.2) is 0 Å². The fourth-order valence-electron chi connectivity index (χ4n) is 3.15. The molecule has 0 bridgehead atoms. The van der Waals surface area contributed by atoms with Crippen LogP contribution in [-0.4, -0.2) is 60.7 Å². The van der Waals surface area contributed by atoms with Crippen molar-refractivity contribution >= 4 is 13.8 Å². The van der Waals surface area contributed by atoms with E-state index in [9.17, 15) is 13.2 Å². The molecule has 7 nitrogen and oxygen atoms in total. The molecule has 0 aliphatic carbocycles. The number of hydrogen-bond donors (Lipinski definition) is 0. The molecule has 0 amide bonds. The van der Waals surface area contributed by atoms with Crippen LogP contribution in [0.2, 0.25) is 25.7 Å². The van der Waals surface area contributed by atoms with Gasteiger partial charge in [-0.3, -0.25) is 9.55 Å². The van der Waals surface area contributed by atoms with Gasteiger partial charge in [-0.05, 0) is 19.0 Å². The lowest BCUT2D eigenvalue weighted by Gasteiger charge is -2.30. The van der Waals surface area contributed by atoms with E-state index in [0.717, 1.165) is 22.0 Å². The number of alkyl halides is 3. The first kappa shape index (κ1) is 22.7. The molecule has 0 atom stereocenters.